The van der Waals surface area contributed by atoms with Gasteiger partial charge < -0.3 is 9.84 Å². The van der Waals surface area contributed by atoms with Gasteiger partial charge in [0.15, 0.2) is 0 Å². The maximum absolute atomic E-state index is 14.1. The second-order valence-electron chi connectivity index (χ2n) is 16.8. The van der Waals surface area contributed by atoms with E-state index in [9.17, 15) is 9.90 Å². The normalized spacial score (nSPS) is 45.1. The van der Waals surface area contributed by atoms with Crippen molar-refractivity contribution in [2.24, 2.45) is 50.2 Å². The summed E-state index contributed by atoms with van der Waals surface area (Å²) in [5.74, 6) is 1.50. The molecule has 0 heterocycles. The third kappa shape index (κ3) is 3.88. The van der Waals surface area contributed by atoms with Crippen LogP contribution >= 0.6 is 0 Å². The van der Waals surface area contributed by atoms with Crippen molar-refractivity contribution in [1.29, 1.82) is 0 Å². The molecule has 220 valence electrons. The van der Waals surface area contributed by atoms with Crippen LogP contribution in [0.15, 0.2) is 42.0 Å². The van der Waals surface area contributed by atoms with Crippen LogP contribution in [0.3, 0.4) is 0 Å². The molecule has 8 unspecified atom stereocenters. The molecule has 3 heteroatoms. The van der Waals surface area contributed by atoms with Gasteiger partial charge in [-0.25, -0.2) is 0 Å². The highest BCUT2D eigenvalue weighted by molar-refractivity contribution is 5.79. The molecular weight excluding hydrogens is 492 g/mol. The molecule has 0 aromatic heterocycles. The van der Waals surface area contributed by atoms with Crippen LogP contribution in [-0.2, 0) is 16.1 Å². The van der Waals surface area contributed by atoms with Gasteiger partial charge >= 0.3 is 5.97 Å². The van der Waals surface area contributed by atoms with E-state index in [-0.39, 0.29) is 45.1 Å². The molecule has 4 fully saturated rings. The van der Waals surface area contributed by atoms with Gasteiger partial charge in [0, 0.05) is 0 Å². The third-order valence-electron chi connectivity index (χ3n) is 14.2. The summed E-state index contributed by atoms with van der Waals surface area (Å²) in [5.41, 5.74) is 3.03. The molecule has 5 aliphatic rings. The molecule has 8 atom stereocenters. The first kappa shape index (κ1) is 28.5. The average Bonchev–Trinajstić information content (AvgIpc) is 2.90. The van der Waals surface area contributed by atoms with E-state index < -0.39 is 5.41 Å². The van der Waals surface area contributed by atoms with E-state index in [4.69, 9.17) is 4.74 Å². The van der Waals surface area contributed by atoms with Crippen LogP contribution in [0.25, 0.3) is 0 Å². The van der Waals surface area contributed by atoms with E-state index >= 15 is 0 Å². The quantitative estimate of drug-likeness (QED) is 0.304. The van der Waals surface area contributed by atoms with Crippen molar-refractivity contribution in [3.63, 3.8) is 0 Å². The Hall–Kier alpha value is -1.61. The minimum Gasteiger partial charge on any atom is -0.460 e. The van der Waals surface area contributed by atoms with Gasteiger partial charge in [-0.1, -0.05) is 90.4 Å². The minimum absolute atomic E-state index is 0.0309. The second kappa shape index (κ2) is 9.19. The molecule has 4 saturated carbocycles. The first-order chi connectivity index (χ1) is 18.7. The number of carbonyl (C=O) groups excluding carboxylic acids is 1. The van der Waals surface area contributed by atoms with E-state index in [0.29, 0.717) is 18.4 Å². The summed E-state index contributed by atoms with van der Waals surface area (Å²) in [6.07, 6.45) is 13.2. The highest BCUT2D eigenvalue weighted by atomic mass is 16.5. The second-order valence-corrected chi connectivity index (χ2v) is 16.8. The summed E-state index contributed by atoms with van der Waals surface area (Å²) in [5, 5.41) is 11.0. The number of rotatable bonds is 3. The molecule has 0 saturated heterocycles. The summed E-state index contributed by atoms with van der Waals surface area (Å²) in [6.45, 7) is 17.6. The van der Waals surface area contributed by atoms with Gasteiger partial charge in [0.2, 0.25) is 0 Å². The lowest BCUT2D eigenvalue weighted by atomic mass is 9.33. The number of hydrogen-bond acceptors (Lipinski definition) is 3. The third-order valence-corrected chi connectivity index (χ3v) is 14.2. The van der Waals surface area contributed by atoms with Crippen LogP contribution in [0.2, 0.25) is 0 Å². The lowest BCUT2D eigenvalue weighted by molar-refractivity contribution is -0.206. The lowest BCUT2D eigenvalue weighted by Gasteiger charge is -2.71. The van der Waals surface area contributed by atoms with Gasteiger partial charge in [-0.05, 0) is 115 Å². The number of benzene rings is 1. The van der Waals surface area contributed by atoms with Crippen LogP contribution < -0.4 is 0 Å². The average molecular weight is 547 g/mol. The van der Waals surface area contributed by atoms with Gasteiger partial charge in [0.25, 0.3) is 0 Å². The van der Waals surface area contributed by atoms with Gasteiger partial charge in [0.1, 0.15) is 6.61 Å². The fourth-order valence-electron chi connectivity index (χ4n) is 11.5. The Labute approximate surface area is 243 Å². The number of fused-ring (bicyclic) bond motifs is 7. The molecule has 40 heavy (non-hydrogen) atoms. The van der Waals surface area contributed by atoms with Crippen molar-refractivity contribution in [2.75, 3.05) is 0 Å². The van der Waals surface area contributed by atoms with Crippen molar-refractivity contribution in [3.8, 4) is 0 Å². The van der Waals surface area contributed by atoms with Crippen LogP contribution in [-0.4, -0.2) is 17.2 Å². The molecule has 0 amide bonds. The maximum atomic E-state index is 14.1. The fourth-order valence-corrected chi connectivity index (χ4v) is 11.5. The number of aliphatic hydroxyl groups is 1. The largest absolute Gasteiger partial charge is 0.460 e. The zero-order valence-corrected chi connectivity index (χ0v) is 26.3. The van der Waals surface area contributed by atoms with E-state index in [1.807, 2.05) is 18.2 Å². The summed E-state index contributed by atoms with van der Waals surface area (Å²) < 4.78 is 6.17. The number of ether oxygens (including phenoxy) is 1. The number of carbonyl (C=O) groups is 1. The first-order valence-electron chi connectivity index (χ1n) is 16.3. The van der Waals surface area contributed by atoms with Gasteiger partial charge in [-0.3, -0.25) is 4.79 Å². The lowest BCUT2D eigenvalue weighted by Crippen LogP contribution is -2.65. The fraction of sp³-hybridized carbons (Fsp3) is 0.757. The number of hydrogen-bond donors (Lipinski definition) is 1. The van der Waals surface area contributed by atoms with E-state index in [1.54, 1.807) is 5.57 Å². The SMILES string of the molecule is CC1(C)CCC2(C(=O)OCc3ccccc3)CCC3(C)C(=CCC4C5(C)CCC(O)C(C)(C)C5CCC43C)C2C1. The van der Waals surface area contributed by atoms with Crippen LogP contribution in [0.5, 0.6) is 0 Å². The molecule has 0 aliphatic heterocycles. The molecule has 6 rings (SSSR count). The molecule has 5 aliphatic carbocycles. The first-order valence-corrected chi connectivity index (χ1v) is 16.3. The molecule has 0 bridgehead atoms. The molecule has 3 nitrogen and oxygen atoms in total. The Morgan fingerprint density at radius 3 is 2.30 bits per heavy atom. The van der Waals surface area contributed by atoms with Crippen molar-refractivity contribution in [2.45, 2.75) is 125 Å². The smallest absolute Gasteiger partial charge is 0.313 e. The number of esters is 1. The van der Waals surface area contributed by atoms with E-state index in [0.717, 1.165) is 56.9 Å². The number of aliphatic hydroxyl groups excluding tert-OH is 1. The zero-order chi connectivity index (χ0) is 28.8. The number of allylic oxidation sites excluding steroid dienone is 2. The molecule has 0 spiro atoms. The standard InChI is InChI=1S/C37H54O3/c1-32(2)19-21-37(31(39)40-24-25-11-9-8-10-12-25)22-20-35(6)26(27(37)23-32)13-14-29-34(5)17-16-30(38)33(3,4)28(34)15-18-36(29,35)7/h8-13,27-30,38H,14-24H2,1-7H3. The van der Waals surface area contributed by atoms with Gasteiger partial charge in [-0.15, -0.1) is 0 Å². The van der Waals surface area contributed by atoms with Crippen molar-refractivity contribution in [1.82, 2.24) is 0 Å². The van der Waals surface area contributed by atoms with Gasteiger partial charge in [0.05, 0.1) is 11.5 Å². The Kier molecular flexibility index (Phi) is 6.55. The zero-order valence-electron chi connectivity index (χ0n) is 26.3. The van der Waals surface area contributed by atoms with Crippen LogP contribution in [0.1, 0.15) is 118 Å². The summed E-state index contributed by atoms with van der Waals surface area (Å²) in [6, 6.07) is 10.2. The molecule has 1 aromatic carbocycles. The molecule has 1 N–H and O–H groups in total. The summed E-state index contributed by atoms with van der Waals surface area (Å²) >= 11 is 0. The van der Waals surface area contributed by atoms with Crippen molar-refractivity contribution < 1.29 is 14.6 Å². The molecule has 0 radical (unpaired) electrons. The van der Waals surface area contributed by atoms with Crippen LogP contribution in [0, 0.1) is 50.2 Å². The highest BCUT2D eigenvalue weighted by Gasteiger charge is 2.69. The van der Waals surface area contributed by atoms with E-state index in [1.165, 1.54) is 12.8 Å². The maximum Gasteiger partial charge on any atom is 0.313 e. The predicted molar refractivity (Wildman–Crippen MR) is 161 cm³/mol. The Morgan fingerprint density at radius 1 is 0.875 bits per heavy atom. The Morgan fingerprint density at radius 2 is 1.57 bits per heavy atom. The van der Waals surface area contributed by atoms with Gasteiger partial charge in [-0.2, -0.15) is 0 Å². The Balaban J connectivity index is 1.36. The van der Waals surface area contributed by atoms with E-state index in [2.05, 4.69) is 66.7 Å². The summed E-state index contributed by atoms with van der Waals surface area (Å²) in [7, 11) is 0. The predicted octanol–water partition coefficient (Wildman–Crippen LogP) is 8.89. The molecule has 1 aromatic rings. The van der Waals surface area contributed by atoms with Crippen LogP contribution in [0.4, 0.5) is 0 Å². The topological polar surface area (TPSA) is 46.5 Å². The summed E-state index contributed by atoms with van der Waals surface area (Å²) in [4.78, 5) is 14.1. The molecular formula is C37H54O3. The minimum atomic E-state index is -0.392. The van der Waals surface area contributed by atoms with Crippen molar-refractivity contribution >= 4 is 5.97 Å². The monoisotopic (exact) mass is 546 g/mol. The highest BCUT2D eigenvalue weighted by Crippen LogP contribution is 2.75. The van der Waals surface area contributed by atoms with Crippen molar-refractivity contribution in [3.05, 3.63) is 47.5 Å². The Bertz CT molecular complexity index is 1180.